The number of hydrazone groups is 1. The minimum absolute atomic E-state index is 0.249. The molecule has 0 radical (unpaired) electrons. The van der Waals surface area contributed by atoms with Crippen molar-refractivity contribution in [3.63, 3.8) is 0 Å². The quantitative estimate of drug-likeness (QED) is 0.179. The van der Waals surface area contributed by atoms with Gasteiger partial charge in [0.15, 0.2) is 11.4 Å². The number of benzene rings is 4. The van der Waals surface area contributed by atoms with Crippen molar-refractivity contribution >= 4 is 51.3 Å². The molecule has 4 rings (SSSR count). The van der Waals surface area contributed by atoms with Crippen molar-refractivity contribution in [2.75, 3.05) is 0 Å². The Morgan fingerprint density at radius 1 is 0.917 bits per heavy atom. The predicted octanol–water partition coefficient (Wildman–Crippen LogP) is 6.72. The first-order valence-electron chi connectivity index (χ1n) is 10.9. The highest BCUT2D eigenvalue weighted by Crippen LogP contribution is 2.35. The second-order valence-electron chi connectivity index (χ2n) is 7.84. The van der Waals surface area contributed by atoms with Crippen LogP contribution in [0.25, 0.3) is 0 Å². The highest BCUT2D eigenvalue weighted by molar-refractivity contribution is 9.10. The largest absolute Gasteiger partial charge is 0.486 e. The molecule has 0 aromatic heterocycles. The van der Waals surface area contributed by atoms with Crippen molar-refractivity contribution in [1.29, 1.82) is 0 Å². The summed E-state index contributed by atoms with van der Waals surface area (Å²) in [5.41, 5.74) is 2.83. The van der Waals surface area contributed by atoms with Crippen molar-refractivity contribution < 1.29 is 14.6 Å². The molecule has 182 valence electrons. The number of hydrogen-bond acceptors (Lipinski definition) is 4. The summed E-state index contributed by atoms with van der Waals surface area (Å²) < 4.78 is 6.48. The summed E-state index contributed by atoms with van der Waals surface area (Å²) in [6, 6.07) is 28.2. The lowest BCUT2D eigenvalue weighted by molar-refractivity contribution is -0.136. The third kappa shape index (κ3) is 5.79. The zero-order chi connectivity index (χ0) is 25.5. The van der Waals surface area contributed by atoms with Gasteiger partial charge in [-0.05, 0) is 50.8 Å². The Balaban J connectivity index is 1.50. The highest BCUT2D eigenvalue weighted by atomic mass is 79.9. The van der Waals surface area contributed by atoms with Crippen LogP contribution >= 0.6 is 39.1 Å². The van der Waals surface area contributed by atoms with Crippen LogP contribution < -0.4 is 10.2 Å². The second-order valence-corrected chi connectivity index (χ2v) is 9.50. The predicted molar refractivity (Wildman–Crippen MR) is 147 cm³/mol. The number of hydrogen-bond donors (Lipinski definition) is 2. The van der Waals surface area contributed by atoms with Crippen molar-refractivity contribution in [3.8, 4) is 5.75 Å². The molecule has 0 fully saturated rings. The van der Waals surface area contributed by atoms with E-state index in [9.17, 15) is 9.90 Å². The molecule has 2 N–H and O–H groups in total. The van der Waals surface area contributed by atoms with Gasteiger partial charge in [0.05, 0.1) is 15.7 Å². The zero-order valence-corrected chi connectivity index (χ0v) is 22.0. The number of aliphatic hydroxyl groups is 1. The van der Waals surface area contributed by atoms with Gasteiger partial charge in [0, 0.05) is 10.6 Å². The number of halogens is 3. The van der Waals surface area contributed by atoms with Gasteiger partial charge >= 0.3 is 0 Å². The van der Waals surface area contributed by atoms with Gasteiger partial charge in [-0.1, -0.05) is 102 Å². The van der Waals surface area contributed by atoms with Crippen LogP contribution in [0.3, 0.4) is 0 Å². The van der Waals surface area contributed by atoms with Crippen LogP contribution in [0.1, 0.15) is 22.3 Å². The number of ether oxygens (including phenoxy) is 1. The average molecular weight is 584 g/mol. The van der Waals surface area contributed by atoms with Crippen LogP contribution in [0, 0.1) is 0 Å². The maximum Gasteiger partial charge on any atom is 0.281 e. The molecule has 0 aliphatic carbocycles. The van der Waals surface area contributed by atoms with E-state index in [1.807, 2.05) is 30.3 Å². The van der Waals surface area contributed by atoms with E-state index < -0.39 is 11.5 Å². The van der Waals surface area contributed by atoms with Gasteiger partial charge in [-0.15, -0.1) is 0 Å². The minimum atomic E-state index is -1.92. The third-order valence-electron chi connectivity index (χ3n) is 5.44. The smallest absolute Gasteiger partial charge is 0.281 e. The van der Waals surface area contributed by atoms with E-state index in [1.165, 1.54) is 6.21 Å². The monoisotopic (exact) mass is 582 g/mol. The van der Waals surface area contributed by atoms with Crippen LogP contribution in [0.5, 0.6) is 5.75 Å². The van der Waals surface area contributed by atoms with Crippen molar-refractivity contribution in [1.82, 2.24) is 5.43 Å². The number of nitrogens with one attached hydrogen (secondary N) is 1. The third-order valence-corrected chi connectivity index (χ3v) is 6.68. The number of amides is 1. The highest BCUT2D eigenvalue weighted by Gasteiger charge is 2.39. The molecule has 0 aliphatic rings. The van der Waals surface area contributed by atoms with E-state index in [0.29, 0.717) is 37.0 Å². The standard InChI is InChI=1S/C28H21BrCl2N2O3/c29-23-15-19(16-25(31)26(23)36-18-20-9-7-8-14-24(20)30)17-32-33-27(34)28(35,21-10-3-1-4-11-21)22-12-5-2-6-13-22/h1-17,35H,18H2,(H,33,34)/b32-17+. The van der Waals surface area contributed by atoms with Crippen molar-refractivity contribution in [2.45, 2.75) is 12.2 Å². The van der Waals surface area contributed by atoms with Gasteiger partial charge in [0.1, 0.15) is 6.61 Å². The lowest BCUT2D eigenvalue weighted by atomic mass is 9.85. The van der Waals surface area contributed by atoms with Gasteiger partial charge in [0.2, 0.25) is 0 Å². The normalized spacial score (nSPS) is 11.4. The molecular formula is C28H21BrCl2N2O3. The van der Waals surface area contributed by atoms with Gasteiger partial charge in [-0.2, -0.15) is 5.10 Å². The Bertz CT molecular complexity index is 1320. The molecule has 0 bridgehead atoms. The number of nitrogens with zero attached hydrogens (tertiary/aromatic N) is 1. The second kappa shape index (κ2) is 11.7. The molecule has 4 aromatic rings. The Labute approximate surface area is 227 Å². The fraction of sp³-hybridized carbons (Fsp3) is 0.0714. The van der Waals surface area contributed by atoms with E-state index in [1.54, 1.807) is 66.7 Å². The van der Waals surface area contributed by atoms with Crippen LogP contribution in [0.4, 0.5) is 0 Å². The first-order valence-corrected chi connectivity index (χ1v) is 12.5. The molecule has 0 atom stereocenters. The molecule has 1 amide bonds. The molecule has 0 aliphatic heterocycles. The summed E-state index contributed by atoms with van der Waals surface area (Å²) in [6.45, 7) is 0.249. The van der Waals surface area contributed by atoms with Crippen LogP contribution in [-0.2, 0) is 17.0 Å². The molecule has 36 heavy (non-hydrogen) atoms. The van der Waals surface area contributed by atoms with Crippen LogP contribution in [0.2, 0.25) is 10.0 Å². The van der Waals surface area contributed by atoms with Crippen LogP contribution in [0.15, 0.2) is 107 Å². The first kappa shape index (κ1) is 25.9. The molecule has 8 heteroatoms. The van der Waals surface area contributed by atoms with E-state index in [0.717, 1.165) is 5.56 Å². The summed E-state index contributed by atoms with van der Waals surface area (Å²) in [5.74, 6) is -0.235. The van der Waals surface area contributed by atoms with Crippen molar-refractivity contribution in [2.24, 2.45) is 5.10 Å². The topological polar surface area (TPSA) is 70.9 Å². The minimum Gasteiger partial charge on any atom is -0.486 e. The van der Waals surface area contributed by atoms with Crippen LogP contribution in [-0.4, -0.2) is 17.2 Å². The SMILES string of the molecule is O=C(N/N=C/c1cc(Cl)c(OCc2ccccc2Cl)c(Br)c1)C(O)(c1ccccc1)c1ccccc1. The molecule has 0 saturated carbocycles. The number of carbonyl (C=O) groups excluding carboxylic acids is 1. The summed E-state index contributed by atoms with van der Waals surface area (Å²) >= 11 is 16.1. The fourth-order valence-electron chi connectivity index (χ4n) is 3.59. The number of carbonyl (C=O) groups is 1. The lowest BCUT2D eigenvalue weighted by Gasteiger charge is -2.27. The Hall–Kier alpha value is -3.16. The van der Waals surface area contributed by atoms with E-state index in [2.05, 4.69) is 26.5 Å². The summed E-state index contributed by atoms with van der Waals surface area (Å²) in [4.78, 5) is 13.2. The summed E-state index contributed by atoms with van der Waals surface area (Å²) in [5, 5.41) is 16.5. The molecule has 5 nitrogen and oxygen atoms in total. The lowest BCUT2D eigenvalue weighted by Crippen LogP contribution is -2.43. The number of rotatable bonds is 8. The summed E-state index contributed by atoms with van der Waals surface area (Å²) in [6.07, 6.45) is 1.43. The molecule has 0 heterocycles. The van der Waals surface area contributed by atoms with E-state index in [-0.39, 0.29) is 6.61 Å². The maximum absolute atomic E-state index is 13.2. The molecule has 0 unspecified atom stereocenters. The van der Waals surface area contributed by atoms with Crippen molar-refractivity contribution in [3.05, 3.63) is 134 Å². The Morgan fingerprint density at radius 2 is 1.50 bits per heavy atom. The molecule has 0 saturated heterocycles. The summed E-state index contributed by atoms with van der Waals surface area (Å²) in [7, 11) is 0. The zero-order valence-electron chi connectivity index (χ0n) is 18.9. The molecule has 0 spiro atoms. The average Bonchev–Trinajstić information content (AvgIpc) is 2.89. The molecular weight excluding hydrogens is 563 g/mol. The molecule has 4 aromatic carbocycles. The van der Waals surface area contributed by atoms with Gasteiger partial charge in [-0.25, -0.2) is 5.43 Å². The van der Waals surface area contributed by atoms with E-state index in [4.69, 9.17) is 27.9 Å². The van der Waals surface area contributed by atoms with Gasteiger partial charge in [0.25, 0.3) is 5.91 Å². The fourth-order valence-corrected chi connectivity index (χ4v) is 4.77. The Kier molecular flexibility index (Phi) is 8.44. The first-order chi connectivity index (χ1) is 17.4. The van der Waals surface area contributed by atoms with E-state index >= 15 is 0 Å². The Morgan fingerprint density at radius 3 is 2.08 bits per heavy atom. The van der Waals surface area contributed by atoms with Gasteiger partial charge < -0.3 is 9.84 Å². The maximum atomic E-state index is 13.2. The van der Waals surface area contributed by atoms with Gasteiger partial charge in [-0.3, -0.25) is 4.79 Å².